The minimum atomic E-state index is -0.402. The summed E-state index contributed by atoms with van der Waals surface area (Å²) in [4.78, 5) is 23.3. The van der Waals surface area contributed by atoms with Crippen molar-refractivity contribution < 1.29 is 19.1 Å². The van der Waals surface area contributed by atoms with Crippen LogP contribution in [0.1, 0.15) is 46.8 Å². The van der Waals surface area contributed by atoms with Gasteiger partial charge in [0.1, 0.15) is 5.75 Å². The molecule has 0 radical (unpaired) electrons. The zero-order valence-corrected chi connectivity index (χ0v) is 16.0. The Kier molecular flexibility index (Phi) is 7.11. The molecule has 0 atom stereocenters. The molecule has 0 aromatic heterocycles. The first kappa shape index (κ1) is 20.2. The normalized spacial score (nSPS) is 10.9. The number of benzene rings is 2. The molecule has 0 fully saturated rings. The second-order valence-electron chi connectivity index (χ2n) is 6.39. The molecule has 2 aromatic rings. The third-order valence-electron chi connectivity index (χ3n) is 3.88. The van der Waals surface area contributed by atoms with Crippen molar-refractivity contribution in [2.45, 2.75) is 26.7 Å². The minimum absolute atomic E-state index is 0.123. The fraction of sp³-hybridized carbons (Fsp3) is 0.286. The van der Waals surface area contributed by atoms with E-state index in [1.165, 1.54) is 13.3 Å². The van der Waals surface area contributed by atoms with Gasteiger partial charge in [0.15, 0.2) is 6.61 Å². The average molecular weight is 368 g/mol. The Morgan fingerprint density at radius 3 is 2.48 bits per heavy atom. The van der Waals surface area contributed by atoms with E-state index in [9.17, 15) is 9.59 Å². The molecule has 0 saturated heterocycles. The summed E-state index contributed by atoms with van der Waals surface area (Å²) in [7, 11) is 1.33. The maximum Gasteiger partial charge on any atom is 0.337 e. The van der Waals surface area contributed by atoms with Gasteiger partial charge in [-0.3, -0.25) is 4.79 Å². The molecule has 0 spiro atoms. The lowest BCUT2D eigenvalue weighted by Gasteiger charge is -2.14. The molecule has 6 heteroatoms. The highest BCUT2D eigenvalue weighted by molar-refractivity contribution is 5.90. The summed E-state index contributed by atoms with van der Waals surface area (Å²) in [5.74, 6) is 0.256. The molecule has 27 heavy (non-hydrogen) atoms. The van der Waals surface area contributed by atoms with E-state index in [0.717, 1.165) is 16.7 Å². The number of rotatable bonds is 7. The Morgan fingerprint density at radius 2 is 1.85 bits per heavy atom. The molecular weight excluding hydrogens is 344 g/mol. The Labute approximate surface area is 159 Å². The van der Waals surface area contributed by atoms with Crippen LogP contribution in [0.5, 0.6) is 5.75 Å². The van der Waals surface area contributed by atoms with Gasteiger partial charge in [-0.05, 0) is 47.7 Å². The van der Waals surface area contributed by atoms with E-state index in [4.69, 9.17) is 4.74 Å². The molecule has 2 aromatic carbocycles. The summed E-state index contributed by atoms with van der Waals surface area (Å²) in [5.41, 5.74) is 5.75. The van der Waals surface area contributed by atoms with Gasteiger partial charge < -0.3 is 9.47 Å². The van der Waals surface area contributed by atoms with Gasteiger partial charge in [0, 0.05) is 0 Å². The quantitative estimate of drug-likeness (QED) is 0.461. The first-order chi connectivity index (χ1) is 12.9. The van der Waals surface area contributed by atoms with Crippen molar-refractivity contribution in [3.63, 3.8) is 0 Å². The molecule has 6 nitrogen and oxygen atoms in total. The van der Waals surface area contributed by atoms with Crippen molar-refractivity contribution in [1.29, 1.82) is 0 Å². The smallest absolute Gasteiger partial charge is 0.337 e. The van der Waals surface area contributed by atoms with Gasteiger partial charge >= 0.3 is 5.97 Å². The Morgan fingerprint density at radius 1 is 1.15 bits per heavy atom. The molecule has 1 N–H and O–H groups in total. The van der Waals surface area contributed by atoms with Crippen LogP contribution in [0.25, 0.3) is 0 Å². The van der Waals surface area contributed by atoms with Crippen LogP contribution in [0, 0.1) is 6.92 Å². The lowest BCUT2D eigenvalue weighted by Crippen LogP contribution is -2.25. The average Bonchev–Trinajstić information content (AvgIpc) is 2.66. The number of amides is 1. The van der Waals surface area contributed by atoms with Gasteiger partial charge in [-0.15, -0.1) is 0 Å². The summed E-state index contributed by atoms with van der Waals surface area (Å²) >= 11 is 0. The van der Waals surface area contributed by atoms with Crippen molar-refractivity contribution in [1.82, 2.24) is 5.43 Å². The third-order valence-corrected chi connectivity index (χ3v) is 3.88. The number of hydrogen-bond acceptors (Lipinski definition) is 5. The fourth-order valence-corrected chi connectivity index (χ4v) is 2.42. The van der Waals surface area contributed by atoms with E-state index in [-0.39, 0.29) is 12.5 Å². The number of hydrogen-bond donors (Lipinski definition) is 1. The van der Waals surface area contributed by atoms with Crippen LogP contribution in [0.3, 0.4) is 0 Å². The van der Waals surface area contributed by atoms with E-state index < -0.39 is 5.97 Å². The van der Waals surface area contributed by atoms with Gasteiger partial charge in [0.25, 0.3) is 5.91 Å². The molecule has 142 valence electrons. The van der Waals surface area contributed by atoms with E-state index in [2.05, 4.69) is 29.1 Å². The minimum Gasteiger partial charge on any atom is -0.483 e. The predicted molar refractivity (Wildman–Crippen MR) is 104 cm³/mol. The molecule has 0 aliphatic heterocycles. The van der Waals surface area contributed by atoms with Gasteiger partial charge in [-0.25, -0.2) is 10.2 Å². The van der Waals surface area contributed by atoms with E-state index in [1.54, 1.807) is 24.3 Å². The van der Waals surface area contributed by atoms with E-state index >= 15 is 0 Å². The number of esters is 1. The van der Waals surface area contributed by atoms with Crippen molar-refractivity contribution in [2.24, 2.45) is 5.10 Å². The maximum atomic E-state index is 11.9. The highest BCUT2D eigenvalue weighted by atomic mass is 16.5. The summed E-state index contributed by atoms with van der Waals surface area (Å²) in [6.07, 6.45) is 1.49. The lowest BCUT2D eigenvalue weighted by molar-refractivity contribution is -0.123. The lowest BCUT2D eigenvalue weighted by atomic mass is 10.0. The number of nitrogens with one attached hydrogen (secondary N) is 1. The van der Waals surface area contributed by atoms with Crippen LogP contribution >= 0.6 is 0 Å². The first-order valence-electron chi connectivity index (χ1n) is 8.64. The molecule has 0 saturated carbocycles. The molecule has 0 heterocycles. The third kappa shape index (κ3) is 5.95. The largest absolute Gasteiger partial charge is 0.483 e. The molecule has 0 unspecified atom stereocenters. The molecule has 0 aliphatic carbocycles. The monoisotopic (exact) mass is 368 g/mol. The number of hydrazone groups is 1. The molecule has 2 rings (SSSR count). The van der Waals surface area contributed by atoms with Crippen LogP contribution in [-0.2, 0) is 9.53 Å². The van der Waals surface area contributed by atoms with E-state index in [1.807, 2.05) is 25.1 Å². The number of aryl methyl sites for hydroxylation is 1. The van der Waals surface area contributed by atoms with Gasteiger partial charge in [-0.2, -0.15) is 5.10 Å². The summed E-state index contributed by atoms with van der Waals surface area (Å²) in [6.45, 7) is 6.01. The van der Waals surface area contributed by atoms with Gasteiger partial charge in [-0.1, -0.05) is 38.1 Å². The fourth-order valence-electron chi connectivity index (χ4n) is 2.42. The van der Waals surface area contributed by atoms with E-state index in [0.29, 0.717) is 17.2 Å². The van der Waals surface area contributed by atoms with Crippen LogP contribution in [0.2, 0.25) is 0 Å². The number of ether oxygens (including phenoxy) is 2. The summed E-state index contributed by atoms with van der Waals surface area (Å²) in [6, 6.07) is 12.6. The van der Waals surface area contributed by atoms with Crippen molar-refractivity contribution in [3.05, 3.63) is 64.7 Å². The molecular formula is C21H24N2O4. The SMILES string of the molecule is COC(=O)c1ccc(/C=N\NC(=O)COc2cc(C)ccc2C(C)C)cc1. The molecule has 0 aliphatic rings. The van der Waals surface area contributed by atoms with Crippen molar-refractivity contribution in [3.8, 4) is 5.75 Å². The number of nitrogens with zero attached hydrogens (tertiary/aromatic N) is 1. The number of methoxy groups -OCH3 is 1. The highest BCUT2D eigenvalue weighted by Crippen LogP contribution is 2.27. The highest BCUT2D eigenvalue weighted by Gasteiger charge is 2.10. The van der Waals surface area contributed by atoms with Crippen LogP contribution in [0.4, 0.5) is 0 Å². The van der Waals surface area contributed by atoms with Gasteiger partial charge in [0.05, 0.1) is 18.9 Å². The first-order valence-corrected chi connectivity index (χ1v) is 8.64. The molecule has 0 bridgehead atoms. The standard InChI is InChI=1S/C21H24N2O4/c1-14(2)18-10-5-15(3)11-19(18)27-13-20(24)23-22-12-16-6-8-17(9-7-16)21(25)26-4/h5-12,14H,13H2,1-4H3,(H,23,24)/b22-12-. The van der Waals surface area contributed by atoms with Crippen molar-refractivity contribution in [2.75, 3.05) is 13.7 Å². The molecule has 1 amide bonds. The Balaban J connectivity index is 1.89. The Bertz CT molecular complexity index is 827. The van der Waals surface area contributed by atoms with Crippen molar-refractivity contribution >= 4 is 18.1 Å². The van der Waals surface area contributed by atoms with Crippen LogP contribution < -0.4 is 10.2 Å². The van der Waals surface area contributed by atoms with Crippen LogP contribution in [0.15, 0.2) is 47.6 Å². The predicted octanol–water partition coefficient (Wildman–Crippen LogP) is 3.43. The van der Waals surface area contributed by atoms with Crippen LogP contribution in [-0.4, -0.2) is 31.8 Å². The Hall–Kier alpha value is -3.15. The van der Waals surface area contributed by atoms with Gasteiger partial charge in [0.2, 0.25) is 0 Å². The summed E-state index contributed by atoms with van der Waals surface area (Å²) in [5, 5.41) is 3.90. The second-order valence-corrected chi connectivity index (χ2v) is 6.39. The number of carbonyl (C=O) groups is 2. The topological polar surface area (TPSA) is 77.0 Å². The zero-order chi connectivity index (χ0) is 19.8. The summed E-state index contributed by atoms with van der Waals surface area (Å²) < 4.78 is 10.3. The second kappa shape index (κ2) is 9.52. The number of carbonyl (C=O) groups excluding carboxylic acids is 2. The zero-order valence-electron chi connectivity index (χ0n) is 16.0. The maximum absolute atomic E-state index is 11.9.